The van der Waals surface area contributed by atoms with E-state index in [9.17, 15) is 4.79 Å². The molecule has 0 aliphatic rings. The van der Waals surface area contributed by atoms with Gasteiger partial charge in [-0.3, -0.25) is 0 Å². The van der Waals surface area contributed by atoms with Crippen LogP contribution in [0.25, 0.3) is 0 Å². The Morgan fingerprint density at radius 3 is 2.83 bits per heavy atom. The van der Waals surface area contributed by atoms with E-state index < -0.39 is 0 Å². The van der Waals surface area contributed by atoms with Crippen LogP contribution in [0, 0.1) is 0 Å². The van der Waals surface area contributed by atoms with Crippen LogP contribution in [-0.2, 0) is 4.79 Å². The molecule has 1 radical (unpaired) electrons. The molecule has 1 aromatic carbocycles. The maximum absolute atomic E-state index is 9.86. The van der Waals surface area contributed by atoms with Crippen molar-refractivity contribution in [1.29, 1.82) is 0 Å². The lowest BCUT2D eigenvalue weighted by Crippen LogP contribution is -1.92. The third-order valence-corrected chi connectivity index (χ3v) is 1.28. The number of hydrogen-bond acceptors (Lipinski definition) is 3. The molecule has 3 nitrogen and oxygen atoms in total. The van der Waals surface area contributed by atoms with Crippen molar-refractivity contribution >= 4 is 6.47 Å². The molecule has 0 heterocycles. The summed E-state index contributed by atoms with van der Waals surface area (Å²) in [5.74, 6) is 1.13. The number of benzene rings is 1. The average Bonchev–Trinajstić information content (AvgIpc) is 2.06. The van der Waals surface area contributed by atoms with Gasteiger partial charge < -0.3 is 9.47 Å². The fourth-order valence-electron chi connectivity index (χ4n) is 0.842. The van der Waals surface area contributed by atoms with E-state index in [0.717, 1.165) is 0 Å². The Morgan fingerprint density at radius 1 is 1.42 bits per heavy atom. The molecule has 0 aliphatic carbocycles. The van der Waals surface area contributed by atoms with Crippen molar-refractivity contribution in [3.8, 4) is 11.5 Å². The highest BCUT2D eigenvalue weighted by molar-refractivity contribution is 5.47. The van der Waals surface area contributed by atoms with Gasteiger partial charge in [0.2, 0.25) is 0 Å². The highest BCUT2D eigenvalue weighted by Gasteiger charge is 1.95. The Bertz CT molecular complexity index is 258. The van der Waals surface area contributed by atoms with Crippen molar-refractivity contribution in [3.63, 3.8) is 0 Å². The molecule has 1 rings (SSSR count). The molecule has 12 heavy (non-hydrogen) atoms. The summed E-state index contributed by atoms with van der Waals surface area (Å²) in [5.41, 5.74) is 0. The molecule has 0 aromatic heterocycles. The summed E-state index contributed by atoms with van der Waals surface area (Å²) in [6.07, 6.45) is 0. The third kappa shape index (κ3) is 2.27. The van der Waals surface area contributed by atoms with Crippen molar-refractivity contribution in [2.75, 3.05) is 6.61 Å². The molecule has 1 aromatic rings. The summed E-state index contributed by atoms with van der Waals surface area (Å²) in [6.45, 7) is 3.83. The van der Waals surface area contributed by atoms with Gasteiger partial charge in [0.25, 0.3) is 0 Å². The highest BCUT2D eigenvalue weighted by Crippen LogP contribution is 2.18. The second kappa shape index (κ2) is 4.38. The predicted octanol–water partition coefficient (Wildman–Crippen LogP) is 1.53. The molecule has 63 valence electrons. The molecule has 0 spiro atoms. The van der Waals surface area contributed by atoms with E-state index >= 15 is 0 Å². The summed E-state index contributed by atoms with van der Waals surface area (Å²) < 4.78 is 9.69. The summed E-state index contributed by atoms with van der Waals surface area (Å²) in [4.78, 5) is 9.86. The van der Waals surface area contributed by atoms with E-state index in [2.05, 4.69) is 4.74 Å². The van der Waals surface area contributed by atoms with Crippen LogP contribution in [0.3, 0.4) is 0 Å². The molecule has 0 N–H and O–H groups in total. The molecule has 0 saturated carbocycles. The molecular weight excluding hydrogens is 156 g/mol. The average molecular weight is 165 g/mol. The van der Waals surface area contributed by atoms with Gasteiger partial charge in [0, 0.05) is 6.07 Å². The van der Waals surface area contributed by atoms with Gasteiger partial charge in [-0.25, -0.2) is 4.79 Å². The van der Waals surface area contributed by atoms with Crippen molar-refractivity contribution < 1.29 is 14.3 Å². The molecule has 0 aliphatic heterocycles. The van der Waals surface area contributed by atoms with Crippen LogP contribution in [0.15, 0.2) is 24.3 Å². The third-order valence-electron chi connectivity index (χ3n) is 1.28. The van der Waals surface area contributed by atoms with Gasteiger partial charge in [-0.1, -0.05) is 6.07 Å². The topological polar surface area (TPSA) is 35.5 Å². The quantitative estimate of drug-likeness (QED) is 0.678. The smallest absolute Gasteiger partial charge is 0.423 e. The van der Waals surface area contributed by atoms with Gasteiger partial charge >= 0.3 is 6.47 Å². The largest absolute Gasteiger partial charge is 0.494 e. The maximum atomic E-state index is 9.86. The second-order valence-electron chi connectivity index (χ2n) is 2.09. The fourth-order valence-corrected chi connectivity index (χ4v) is 0.842. The molecule has 0 fully saturated rings. The van der Waals surface area contributed by atoms with Crippen LogP contribution in [0.4, 0.5) is 0 Å². The lowest BCUT2D eigenvalue weighted by Gasteiger charge is -2.02. The van der Waals surface area contributed by atoms with Crippen LogP contribution >= 0.6 is 0 Å². The summed E-state index contributed by atoms with van der Waals surface area (Å²) in [6, 6.07) is 6.83. The molecular formula is C9H9O3. The van der Waals surface area contributed by atoms with Gasteiger partial charge in [0.1, 0.15) is 11.5 Å². The Morgan fingerprint density at radius 2 is 2.17 bits per heavy atom. The van der Waals surface area contributed by atoms with Crippen molar-refractivity contribution in [1.82, 2.24) is 0 Å². The second-order valence-corrected chi connectivity index (χ2v) is 2.09. The zero-order valence-corrected chi connectivity index (χ0v) is 6.74. The van der Waals surface area contributed by atoms with Crippen molar-refractivity contribution in [2.24, 2.45) is 0 Å². The van der Waals surface area contributed by atoms with E-state index in [1.165, 1.54) is 6.47 Å². The van der Waals surface area contributed by atoms with E-state index in [4.69, 9.17) is 4.74 Å². The lowest BCUT2D eigenvalue weighted by atomic mass is 10.3. The minimum Gasteiger partial charge on any atom is -0.494 e. The van der Waals surface area contributed by atoms with E-state index in [-0.39, 0.29) is 0 Å². The van der Waals surface area contributed by atoms with Gasteiger partial charge in [-0.2, -0.15) is 0 Å². The predicted molar refractivity (Wildman–Crippen MR) is 43.9 cm³/mol. The number of ether oxygens (including phenoxy) is 2. The summed E-state index contributed by atoms with van der Waals surface area (Å²) >= 11 is 0. The molecule has 0 atom stereocenters. The van der Waals surface area contributed by atoms with E-state index in [1.54, 1.807) is 24.3 Å². The van der Waals surface area contributed by atoms with Crippen LogP contribution in [0.5, 0.6) is 11.5 Å². The first-order chi connectivity index (χ1) is 5.86. The van der Waals surface area contributed by atoms with E-state index in [0.29, 0.717) is 18.1 Å². The maximum Gasteiger partial charge on any atom is 0.423 e. The zero-order chi connectivity index (χ0) is 8.81. The van der Waals surface area contributed by atoms with E-state index in [1.807, 2.05) is 6.92 Å². The minimum atomic E-state index is 0.441. The normalized spacial score (nSPS) is 9.08. The van der Waals surface area contributed by atoms with Crippen LogP contribution in [-0.4, -0.2) is 13.1 Å². The van der Waals surface area contributed by atoms with Crippen molar-refractivity contribution in [2.45, 2.75) is 6.92 Å². The lowest BCUT2D eigenvalue weighted by molar-refractivity contribution is 0.338. The van der Waals surface area contributed by atoms with Gasteiger partial charge in [0.05, 0.1) is 6.61 Å². The van der Waals surface area contributed by atoms with Crippen molar-refractivity contribution in [3.05, 3.63) is 24.3 Å². The monoisotopic (exact) mass is 165 g/mol. The minimum absolute atomic E-state index is 0.441. The van der Waals surface area contributed by atoms with Crippen LogP contribution < -0.4 is 9.47 Å². The molecule has 0 bridgehead atoms. The first kappa shape index (κ1) is 8.59. The zero-order valence-electron chi connectivity index (χ0n) is 6.74. The SMILES string of the molecule is CCOc1cccc(O[C]=O)c1. The first-order valence-corrected chi connectivity index (χ1v) is 3.63. The van der Waals surface area contributed by atoms with Crippen LogP contribution in [0.2, 0.25) is 0 Å². The van der Waals surface area contributed by atoms with Crippen LogP contribution in [0.1, 0.15) is 6.92 Å². The molecule has 0 amide bonds. The highest BCUT2D eigenvalue weighted by atomic mass is 16.5. The Labute approximate surface area is 70.9 Å². The van der Waals surface area contributed by atoms with Gasteiger partial charge in [-0.15, -0.1) is 0 Å². The molecule has 0 saturated heterocycles. The summed E-state index contributed by atoms with van der Waals surface area (Å²) in [5, 5.41) is 0. The molecule has 0 unspecified atom stereocenters. The Balaban J connectivity index is 2.73. The fraction of sp³-hybridized carbons (Fsp3) is 0.222. The Hall–Kier alpha value is -1.51. The first-order valence-electron chi connectivity index (χ1n) is 3.63. The van der Waals surface area contributed by atoms with Gasteiger partial charge in [-0.05, 0) is 19.1 Å². The number of hydrogen-bond donors (Lipinski definition) is 0. The Kier molecular flexibility index (Phi) is 3.14. The number of rotatable bonds is 4. The summed E-state index contributed by atoms with van der Waals surface area (Å²) in [7, 11) is 0. The van der Waals surface area contributed by atoms with Gasteiger partial charge in [0.15, 0.2) is 0 Å². The number of carbonyl (C=O) groups excluding carboxylic acids is 1. The molecule has 3 heteroatoms. The standard InChI is InChI=1S/C9H9O3/c1-2-11-8-4-3-5-9(6-8)12-7-10/h3-6H,2H2,1H3.